The van der Waals surface area contributed by atoms with Gasteiger partial charge in [0.25, 0.3) is 0 Å². The zero-order valence-electron chi connectivity index (χ0n) is 16.3. The van der Waals surface area contributed by atoms with Gasteiger partial charge in [-0.2, -0.15) is 4.40 Å². The average molecular weight is 483 g/mol. The van der Waals surface area contributed by atoms with Gasteiger partial charge in [-0.15, -0.1) is 11.3 Å². The van der Waals surface area contributed by atoms with Crippen LogP contribution in [0.4, 0.5) is 25.2 Å². The van der Waals surface area contributed by atoms with Crippen molar-refractivity contribution in [2.24, 2.45) is 0 Å². The number of aromatic nitrogens is 1. The molecule has 166 valence electrons. The molecule has 0 atom stereocenters. The van der Waals surface area contributed by atoms with Gasteiger partial charge in [0.2, 0.25) is 5.52 Å². The number of benzene rings is 2. The second kappa shape index (κ2) is 7.29. The summed E-state index contributed by atoms with van der Waals surface area (Å²) in [6.45, 7) is 0. The third-order valence-corrected chi connectivity index (χ3v) is 5.68. The summed E-state index contributed by atoms with van der Waals surface area (Å²) in [7, 11) is -10.7. The number of fused-ring (bicyclic) bond motifs is 5. The van der Waals surface area contributed by atoms with Crippen molar-refractivity contribution in [3.63, 3.8) is 0 Å². The van der Waals surface area contributed by atoms with Crippen molar-refractivity contribution in [1.29, 1.82) is 0 Å². The molecule has 0 amide bonds. The van der Waals surface area contributed by atoms with Crippen molar-refractivity contribution in [1.82, 2.24) is 0 Å². The number of pyridine rings is 2. The first kappa shape index (κ1) is 22.2. The van der Waals surface area contributed by atoms with Gasteiger partial charge in [-0.3, -0.25) is 0 Å². The van der Waals surface area contributed by atoms with E-state index in [0.717, 1.165) is 0 Å². The van der Waals surface area contributed by atoms with Crippen LogP contribution in [-0.2, 0) is 0 Å². The minimum absolute atomic E-state index is 1.21. The number of rotatable bonds is 2. The van der Waals surface area contributed by atoms with Gasteiger partial charge in [-0.25, -0.2) is 0 Å². The summed E-state index contributed by atoms with van der Waals surface area (Å²) in [6.07, 6.45) is 8.64. The summed E-state index contributed by atoms with van der Waals surface area (Å²) in [4.78, 5) is 0. The Bertz CT molecular complexity index is 1450. The van der Waals surface area contributed by atoms with Crippen molar-refractivity contribution in [3.8, 4) is 0 Å². The van der Waals surface area contributed by atoms with Crippen molar-refractivity contribution in [2.45, 2.75) is 0 Å². The van der Waals surface area contributed by atoms with Crippen LogP contribution in [0.3, 0.4) is 0 Å². The van der Waals surface area contributed by atoms with Crippen molar-refractivity contribution in [3.05, 3.63) is 96.3 Å². The zero-order chi connectivity index (χ0) is 23.0. The Morgan fingerprint density at radius 3 is 1.97 bits per heavy atom. The SMILES string of the molecule is C(=C\c1cc[n+]2ccc3sc4ccccc4c3c2c1)/c1ccccc1.F[P-](F)(F)(F)(F)F. The number of hydrogen-bond donors (Lipinski definition) is 0. The van der Waals surface area contributed by atoms with Gasteiger partial charge < -0.3 is 0 Å². The van der Waals surface area contributed by atoms with Crippen LogP contribution in [0.2, 0.25) is 0 Å². The minimum atomic E-state index is -10.7. The fraction of sp³-hybridized carbons (Fsp3) is 0. The molecule has 0 aliphatic carbocycles. The van der Waals surface area contributed by atoms with Crippen LogP contribution in [0.25, 0.3) is 37.8 Å². The standard InChI is InChI=1S/C23H16NS.F6P/c1-2-6-17(7-3-1)10-11-18-12-14-24-15-13-22-23(20(24)16-18)19-8-4-5-9-21(19)25-22;1-7(2,3,4,5)6/h1-16H;/q+1;-1/b11-10+;. The molecule has 1 nitrogen and oxygen atoms in total. The fourth-order valence-electron chi connectivity index (χ4n) is 3.31. The summed E-state index contributed by atoms with van der Waals surface area (Å²) >= 11 is 1.86. The molecule has 0 aliphatic rings. The molecule has 9 heteroatoms. The van der Waals surface area contributed by atoms with E-state index in [-0.39, 0.29) is 0 Å². The molecule has 0 N–H and O–H groups in total. The molecule has 0 bridgehead atoms. The van der Waals surface area contributed by atoms with Gasteiger partial charge in [0, 0.05) is 33.0 Å². The van der Waals surface area contributed by atoms with E-state index < -0.39 is 7.81 Å². The molecule has 3 heterocycles. The first-order valence-electron chi connectivity index (χ1n) is 9.38. The summed E-state index contributed by atoms with van der Waals surface area (Å²) in [6, 6.07) is 25.7. The van der Waals surface area contributed by atoms with E-state index in [0.29, 0.717) is 0 Å². The first-order valence-corrected chi connectivity index (χ1v) is 12.2. The molecular formula is C23H16F6NPS. The molecule has 2 aromatic carbocycles. The molecule has 0 radical (unpaired) electrons. The summed E-state index contributed by atoms with van der Waals surface area (Å²) in [5.41, 5.74) is 3.69. The zero-order valence-corrected chi connectivity index (χ0v) is 18.0. The Balaban J connectivity index is 0.000000307. The second-order valence-corrected chi connectivity index (χ2v) is 10.1. The van der Waals surface area contributed by atoms with Crippen molar-refractivity contribution < 1.29 is 29.6 Å². The number of hydrogen-bond acceptors (Lipinski definition) is 1. The van der Waals surface area contributed by atoms with Gasteiger partial charge >= 0.3 is 33.0 Å². The Labute approximate surface area is 183 Å². The van der Waals surface area contributed by atoms with Gasteiger partial charge in [-0.1, -0.05) is 60.7 Å². The maximum atomic E-state index is 9.87. The number of halogens is 6. The molecule has 3 aromatic heterocycles. The monoisotopic (exact) mass is 483 g/mol. The van der Waals surface area contributed by atoms with E-state index in [1.165, 1.54) is 36.8 Å². The van der Waals surface area contributed by atoms with Crippen LogP contribution in [0.1, 0.15) is 11.1 Å². The second-order valence-electron chi connectivity index (χ2n) is 7.11. The van der Waals surface area contributed by atoms with Crippen LogP contribution >= 0.6 is 19.1 Å². The average Bonchev–Trinajstić information content (AvgIpc) is 3.10. The van der Waals surface area contributed by atoms with E-state index >= 15 is 0 Å². The fourth-order valence-corrected chi connectivity index (χ4v) is 4.42. The topological polar surface area (TPSA) is 4.10 Å². The third kappa shape index (κ3) is 6.05. The molecule has 0 saturated carbocycles. The van der Waals surface area contributed by atoms with Gasteiger partial charge in [0.1, 0.15) is 0 Å². The Morgan fingerprint density at radius 1 is 0.656 bits per heavy atom. The third-order valence-electron chi connectivity index (χ3n) is 4.54. The Morgan fingerprint density at radius 2 is 1.25 bits per heavy atom. The Kier molecular flexibility index (Phi) is 5.07. The molecule has 5 rings (SSSR count). The number of thiophene rings is 1. The van der Waals surface area contributed by atoms with Crippen LogP contribution in [-0.4, -0.2) is 0 Å². The molecule has 0 aliphatic heterocycles. The Hall–Kier alpha value is -2.96. The molecule has 32 heavy (non-hydrogen) atoms. The number of nitrogens with zero attached hydrogens (tertiary/aromatic N) is 1. The van der Waals surface area contributed by atoms with E-state index in [2.05, 4.69) is 95.7 Å². The van der Waals surface area contributed by atoms with Gasteiger partial charge in [0.05, 0.1) is 5.39 Å². The normalized spacial score (nSPS) is 14.3. The molecule has 0 fully saturated rings. The quantitative estimate of drug-likeness (QED) is 0.134. The van der Waals surface area contributed by atoms with E-state index in [9.17, 15) is 25.2 Å². The molecule has 0 unspecified atom stereocenters. The van der Waals surface area contributed by atoms with Crippen LogP contribution in [0, 0.1) is 0 Å². The van der Waals surface area contributed by atoms with Crippen LogP contribution < -0.4 is 4.40 Å². The maximum absolute atomic E-state index is 10.7. The van der Waals surface area contributed by atoms with Crippen LogP contribution in [0.5, 0.6) is 0 Å². The molecular weight excluding hydrogens is 467 g/mol. The van der Waals surface area contributed by atoms with Gasteiger partial charge in [0.15, 0.2) is 12.4 Å². The predicted octanol–water partition coefficient (Wildman–Crippen LogP) is 9.35. The first-order chi connectivity index (χ1) is 14.8. The predicted molar refractivity (Wildman–Crippen MR) is 121 cm³/mol. The van der Waals surface area contributed by atoms with E-state index in [4.69, 9.17) is 0 Å². The van der Waals surface area contributed by atoms with Crippen molar-refractivity contribution in [2.75, 3.05) is 0 Å². The van der Waals surface area contributed by atoms with Crippen LogP contribution in [0.15, 0.2) is 85.2 Å². The van der Waals surface area contributed by atoms with Gasteiger partial charge in [-0.05, 0) is 17.2 Å². The molecule has 5 aromatic rings. The van der Waals surface area contributed by atoms with Crippen molar-refractivity contribution >= 4 is 57.0 Å². The summed E-state index contributed by atoms with van der Waals surface area (Å²) in [5, 5.41) is 2.68. The van der Waals surface area contributed by atoms with E-state index in [1.54, 1.807) is 0 Å². The summed E-state index contributed by atoms with van der Waals surface area (Å²) < 4.78 is 64.1. The molecule has 0 saturated heterocycles. The summed E-state index contributed by atoms with van der Waals surface area (Å²) in [5.74, 6) is 0. The molecule has 0 spiro atoms. The van der Waals surface area contributed by atoms with E-state index in [1.807, 2.05) is 17.4 Å².